The van der Waals surface area contributed by atoms with Crippen molar-refractivity contribution >= 4 is 22.8 Å². The molecule has 0 radical (unpaired) electrons. The molecule has 2 unspecified atom stereocenters. The number of nitrogens with zero attached hydrogens (tertiary/aromatic N) is 1. The summed E-state index contributed by atoms with van der Waals surface area (Å²) in [6.45, 7) is 10.1. The molecule has 0 aromatic carbocycles. The molecule has 2 N–H and O–H groups in total. The molecule has 3 rings (SSSR count). The van der Waals surface area contributed by atoms with Gasteiger partial charge in [-0.15, -0.1) is 0 Å². The predicted molar refractivity (Wildman–Crippen MR) is 134 cm³/mol. The topological polar surface area (TPSA) is 78.5 Å². The van der Waals surface area contributed by atoms with Crippen LogP contribution < -0.4 is 10.0 Å². The second-order valence-electron chi connectivity index (χ2n) is 11.2. The Morgan fingerprint density at radius 2 is 1.85 bits per heavy atom. The van der Waals surface area contributed by atoms with E-state index in [2.05, 4.69) is 23.9 Å². The highest BCUT2D eigenvalue weighted by atomic mass is 32.2. The molecule has 1 saturated heterocycles. The van der Waals surface area contributed by atoms with Crippen molar-refractivity contribution in [2.75, 3.05) is 19.3 Å². The summed E-state index contributed by atoms with van der Waals surface area (Å²) in [6, 6.07) is -0.549. The van der Waals surface area contributed by atoms with Gasteiger partial charge in [-0.25, -0.2) is 4.21 Å². The largest absolute Gasteiger partial charge is 0.340 e. The minimum atomic E-state index is -1.17. The molecular formula is C26H43N3O3S. The van der Waals surface area contributed by atoms with E-state index in [4.69, 9.17) is 0 Å². The number of carbonyl (C=O) groups is 2. The molecule has 1 aliphatic heterocycles. The molecule has 33 heavy (non-hydrogen) atoms. The highest BCUT2D eigenvalue weighted by Gasteiger charge is 2.43. The monoisotopic (exact) mass is 477 g/mol. The van der Waals surface area contributed by atoms with Crippen LogP contribution in [-0.2, 0) is 20.6 Å². The number of amides is 2. The van der Waals surface area contributed by atoms with Gasteiger partial charge >= 0.3 is 0 Å². The van der Waals surface area contributed by atoms with Gasteiger partial charge in [-0.1, -0.05) is 65.9 Å². The maximum absolute atomic E-state index is 13.6. The molecule has 1 saturated carbocycles. The van der Waals surface area contributed by atoms with Gasteiger partial charge in [0.2, 0.25) is 5.91 Å². The van der Waals surface area contributed by atoms with Gasteiger partial charge in [-0.3, -0.25) is 9.59 Å². The van der Waals surface area contributed by atoms with Gasteiger partial charge in [0.1, 0.15) is 17.0 Å². The fourth-order valence-corrected chi connectivity index (χ4v) is 6.56. The summed E-state index contributed by atoms with van der Waals surface area (Å²) >= 11 is 0. The Bertz CT molecular complexity index is 812. The molecule has 3 atom stereocenters. The Labute approximate surface area is 202 Å². The second kappa shape index (κ2) is 11.2. The first-order valence-corrected chi connectivity index (χ1v) is 14.2. The molecule has 2 aliphatic carbocycles. The van der Waals surface area contributed by atoms with Crippen LogP contribution in [0.3, 0.4) is 0 Å². The number of hydrogen-bond donors (Lipinski definition) is 2. The van der Waals surface area contributed by atoms with Crippen molar-refractivity contribution in [1.29, 1.82) is 0 Å². The SMILES string of the molecule is CC(C)[C@@H](NC(=O)C1=CCCC(NS(C)=O)=C1)C(=O)N1CCC(C2CCCCC2)C(C)(C)C1. The number of carbonyl (C=O) groups excluding carboxylic acids is 2. The number of likely N-dealkylation sites (tertiary alicyclic amines) is 1. The average molecular weight is 478 g/mol. The van der Waals surface area contributed by atoms with Crippen LogP contribution in [0, 0.1) is 23.2 Å². The predicted octanol–water partition coefficient (Wildman–Crippen LogP) is 4.07. The lowest BCUT2D eigenvalue weighted by Gasteiger charge is -2.49. The van der Waals surface area contributed by atoms with Crippen LogP contribution in [-0.4, -0.2) is 46.3 Å². The quantitative estimate of drug-likeness (QED) is 0.580. The number of hydrogen-bond acceptors (Lipinski definition) is 3. The van der Waals surface area contributed by atoms with Crippen molar-refractivity contribution in [1.82, 2.24) is 14.9 Å². The van der Waals surface area contributed by atoms with Crippen molar-refractivity contribution in [3.05, 3.63) is 23.4 Å². The lowest BCUT2D eigenvalue weighted by atomic mass is 9.64. The maximum atomic E-state index is 13.6. The highest BCUT2D eigenvalue weighted by molar-refractivity contribution is 7.82. The Hall–Kier alpha value is -1.63. The van der Waals surface area contributed by atoms with Crippen LogP contribution in [0.5, 0.6) is 0 Å². The first kappa shape index (κ1) is 26.0. The van der Waals surface area contributed by atoms with Crippen molar-refractivity contribution in [3.63, 3.8) is 0 Å². The van der Waals surface area contributed by atoms with E-state index >= 15 is 0 Å². The molecule has 1 heterocycles. The molecule has 0 aromatic heterocycles. The van der Waals surface area contributed by atoms with Gasteiger partial charge in [0.25, 0.3) is 5.91 Å². The minimum absolute atomic E-state index is 0.00505. The first-order chi connectivity index (χ1) is 15.6. The normalized spacial score (nSPS) is 25.6. The number of rotatable bonds is 7. The molecule has 0 spiro atoms. The summed E-state index contributed by atoms with van der Waals surface area (Å²) in [5, 5.41) is 3.01. The fourth-order valence-electron chi connectivity index (χ4n) is 6.03. The zero-order chi connectivity index (χ0) is 24.2. The summed E-state index contributed by atoms with van der Waals surface area (Å²) in [5.74, 6) is 1.24. The Balaban J connectivity index is 1.65. The van der Waals surface area contributed by atoms with Crippen LogP contribution in [0.15, 0.2) is 23.4 Å². The van der Waals surface area contributed by atoms with E-state index in [0.717, 1.165) is 37.5 Å². The number of allylic oxidation sites excluding steroid dienone is 2. The molecule has 0 aromatic rings. The Kier molecular flexibility index (Phi) is 8.82. The van der Waals surface area contributed by atoms with Gasteiger partial charge in [0.05, 0.1) is 0 Å². The molecule has 2 amide bonds. The molecule has 3 aliphatic rings. The summed E-state index contributed by atoms with van der Waals surface area (Å²) < 4.78 is 14.4. The van der Waals surface area contributed by atoms with E-state index in [1.54, 1.807) is 12.3 Å². The third-order valence-corrected chi connectivity index (χ3v) is 8.26. The van der Waals surface area contributed by atoms with E-state index in [1.807, 2.05) is 24.8 Å². The molecule has 0 bridgehead atoms. The zero-order valence-electron chi connectivity index (χ0n) is 21.1. The Morgan fingerprint density at radius 3 is 2.45 bits per heavy atom. The van der Waals surface area contributed by atoms with Crippen LogP contribution in [0.4, 0.5) is 0 Å². The molecular weight excluding hydrogens is 434 g/mol. The minimum Gasteiger partial charge on any atom is -0.340 e. The molecule has 6 nitrogen and oxygen atoms in total. The van der Waals surface area contributed by atoms with Crippen molar-refractivity contribution in [3.8, 4) is 0 Å². The van der Waals surface area contributed by atoms with Gasteiger partial charge in [-0.2, -0.15) is 0 Å². The summed E-state index contributed by atoms with van der Waals surface area (Å²) in [7, 11) is -1.17. The van der Waals surface area contributed by atoms with Crippen LogP contribution in [0.1, 0.15) is 79.1 Å². The number of piperidine rings is 1. The average Bonchev–Trinajstić information content (AvgIpc) is 2.76. The van der Waals surface area contributed by atoms with E-state index in [9.17, 15) is 13.8 Å². The molecule has 186 valence electrons. The van der Waals surface area contributed by atoms with Crippen LogP contribution in [0.2, 0.25) is 0 Å². The van der Waals surface area contributed by atoms with E-state index in [-0.39, 0.29) is 23.1 Å². The first-order valence-electron chi connectivity index (χ1n) is 12.7. The van der Waals surface area contributed by atoms with Crippen molar-refractivity contribution < 1.29 is 13.8 Å². The fraction of sp³-hybridized carbons (Fsp3) is 0.769. The van der Waals surface area contributed by atoms with Crippen molar-refractivity contribution in [2.24, 2.45) is 23.2 Å². The maximum Gasteiger partial charge on any atom is 0.251 e. The zero-order valence-corrected chi connectivity index (χ0v) is 21.9. The highest BCUT2D eigenvalue weighted by Crippen LogP contribution is 2.45. The van der Waals surface area contributed by atoms with E-state index in [0.29, 0.717) is 17.9 Å². The summed E-state index contributed by atoms with van der Waals surface area (Å²) in [6.07, 6.45) is 14.4. The molecule has 2 fully saturated rings. The standard InChI is InChI=1S/C26H43N3O3S/c1-18(2)23(27-24(30)20-12-9-13-21(16-20)28-33(5)32)25(31)29-15-14-22(26(3,4)17-29)19-10-7-6-8-11-19/h12,16,18-19,22-23,28H,6-11,13-15,17H2,1-5H3,(H,27,30)/t22?,23-,33?/m1/s1. The van der Waals surface area contributed by atoms with Gasteiger partial charge < -0.3 is 14.9 Å². The van der Waals surface area contributed by atoms with Gasteiger partial charge in [0, 0.05) is 30.6 Å². The smallest absolute Gasteiger partial charge is 0.251 e. The van der Waals surface area contributed by atoms with Crippen LogP contribution in [0.25, 0.3) is 0 Å². The second-order valence-corrected chi connectivity index (χ2v) is 12.3. The lowest BCUT2D eigenvalue weighted by Crippen LogP contribution is -2.57. The summed E-state index contributed by atoms with van der Waals surface area (Å²) in [5.41, 5.74) is 1.42. The van der Waals surface area contributed by atoms with E-state index < -0.39 is 17.0 Å². The van der Waals surface area contributed by atoms with Gasteiger partial charge in [-0.05, 0) is 48.5 Å². The Morgan fingerprint density at radius 1 is 1.15 bits per heavy atom. The van der Waals surface area contributed by atoms with Crippen LogP contribution >= 0.6 is 0 Å². The van der Waals surface area contributed by atoms with E-state index in [1.165, 1.54) is 32.1 Å². The lowest BCUT2D eigenvalue weighted by molar-refractivity contribution is -0.142. The van der Waals surface area contributed by atoms with Gasteiger partial charge in [0.15, 0.2) is 0 Å². The molecule has 7 heteroatoms. The third kappa shape index (κ3) is 6.71. The number of nitrogens with one attached hydrogen (secondary N) is 2. The van der Waals surface area contributed by atoms with Crippen molar-refractivity contribution in [2.45, 2.75) is 85.1 Å². The summed E-state index contributed by atoms with van der Waals surface area (Å²) in [4.78, 5) is 28.6. The third-order valence-electron chi connectivity index (χ3n) is 7.71.